The Morgan fingerprint density at radius 1 is 0.957 bits per heavy atom. The van der Waals surface area contributed by atoms with E-state index in [0.29, 0.717) is 10.7 Å². The lowest BCUT2D eigenvalue weighted by molar-refractivity contribution is -0.115. The van der Waals surface area contributed by atoms with Crippen molar-refractivity contribution in [2.45, 2.75) is 0 Å². The lowest BCUT2D eigenvalue weighted by Gasteiger charge is -2.08. The number of anilines is 1. The van der Waals surface area contributed by atoms with Crippen LogP contribution in [0.1, 0.15) is 10.4 Å². The fraction of sp³-hybridized carbons (Fsp3) is 0.0667. The van der Waals surface area contributed by atoms with Crippen LogP contribution in [0.2, 0.25) is 10.0 Å². The van der Waals surface area contributed by atoms with E-state index < -0.39 is 23.4 Å². The molecule has 0 saturated carbocycles. The summed E-state index contributed by atoms with van der Waals surface area (Å²) in [4.78, 5) is 23.5. The van der Waals surface area contributed by atoms with Crippen molar-refractivity contribution in [2.24, 2.45) is 0 Å². The van der Waals surface area contributed by atoms with Crippen LogP contribution in [0.3, 0.4) is 0 Å². The summed E-state index contributed by atoms with van der Waals surface area (Å²) in [6, 6.07) is 7.22. The maximum atomic E-state index is 13.0. The summed E-state index contributed by atoms with van der Waals surface area (Å²) in [5, 5.41) is 5.42. The lowest BCUT2D eigenvalue weighted by Crippen LogP contribution is -2.32. The molecule has 0 aromatic heterocycles. The van der Waals surface area contributed by atoms with Crippen LogP contribution >= 0.6 is 23.2 Å². The SMILES string of the molecule is O=C(CNC(=O)c1ccc(F)c(F)c1)Nc1ccc(Cl)c(Cl)c1. The second-order valence-electron chi connectivity index (χ2n) is 4.49. The molecule has 2 N–H and O–H groups in total. The molecule has 23 heavy (non-hydrogen) atoms. The molecular weight excluding hydrogens is 349 g/mol. The first-order chi connectivity index (χ1) is 10.9. The molecule has 0 spiro atoms. The first-order valence-corrected chi connectivity index (χ1v) is 7.10. The van der Waals surface area contributed by atoms with Gasteiger partial charge in [-0.15, -0.1) is 0 Å². The van der Waals surface area contributed by atoms with Gasteiger partial charge in [-0.3, -0.25) is 9.59 Å². The average Bonchev–Trinajstić information content (AvgIpc) is 2.51. The van der Waals surface area contributed by atoms with E-state index in [1.165, 1.54) is 12.1 Å². The highest BCUT2D eigenvalue weighted by Gasteiger charge is 2.11. The topological polar surface area (TPSA) is 58.2 Å². The minimum atomic E-state index is -1.14. The van der Waals surface area contributed by atoms with E-state index in [0.717, 1.165) is 18.2 Å². The Hall–Kier alpha value is -2.18. The van der Waals surface area contributed by atoms with E-state index in [9.17, 15) is 18.4 Å². The number of carbonyl (C=O) groups excluding carboxylic acids is 2. The van der Waals surface area contributed by atoms with Gasteiger partial charge in [-0.2, -0.15) is 0 Å². The van der Waals surface area contributed by atoms with Gasteiger partial charge in [0.2, 0.25) is 5.91 Å². The van der Waals surface area contributed by atoms with Crippen LogP contribution in [0.25, 0.3) is 0 Å². The van der Waals surface area contributed by atoms with Gasteiger partial charge in [0.25, 0.3) is 5.91 Å². The molecule has 0 fully saturated rings. The largest absolute Gasteiger partial charge is 0.343 e. The van der Waals surface area contributed by atoms with Crippen LogP contribution in [-0.2, 0) is 4.79 Å². The van der Waals surface area contributed by atoms with Gasteiger partial charge in [0, 0.05) is 11.3 Å². The smallest absolute Gasteiger partial charge is 0.251 e. The molecule has 2 aromatic carbocycles. The highest BCUT2D eigenvalue weighted by Crippen LogP contribution is 2.24. The van der Waals surface area contributed by atoms with Gasteiger partial charge in [-0.1, -0.05) is 23.2 Å². The molecule has 2 rings (SSSR count). The number of carbonyl (C=O) groups is 2. The summed E-state index contributed by atoms with van der Waals surface area (Å²) < 4.78 is 25.8. The molecule has 0 radical (unpaired) electrons. The Kier molecular flexibility index (Phi) is 5.52. The quantitative estimate of drug-likeness (QED) is 0.876. The molecule has 0 aliphatic carbocycles. The van der Waals surface area contributed by atoms with Crippen molar-refractivity contribution in [3.63, 3.8) is 0 Å². The minimum absolute atomic E-state index is 0.0914. The number of hydrogen-bond donors (Lipinski definition) is 2. The Labute approximate surface area is 140 Å². The monoisotopic (exact) mass is 358 g/mol. The Bertz CT molecular complexity index is 769. The molecule has 4 nitrogen and oxygen atoms in total. The van der Waals surface area contributed by atoms with Gasteiger partial charge in [-0.05, 0) is 36.4 Å². The van der Waals surface area contributed by atoms with Crippen LogP contribution < -0.4 is 10.6 Å². The summed E-state index contributed by atoms with van der Waals surface area (Å²) in [6.07, 6.45) is 0. The fourth-order valence-corrected chi connectivity index (χ4v) is 1.98. The zero-order chi connectivity index (χ0) is 17.0. The van der Waals surface area contributed by atoms with E-state index in [1.54, 1.807) is 6.07 Å². The van der Waals surface area contributed by atoms with E-state index in [1.807, 2.05) is 0 Å². The van der Waals surface area contributed by atoms with Gasteiger partial charge in [0.15, 0.2) is 11.6 Å². The van der Waals surface area contributed by atoms with Crippen LogP contribution in [0.15, 0.2) is 36.4 Å². The zero-order valence-corrected chi connectivity index (χ0v) is 13.0. The molecule has 8 heteroatoms. The van der Waals surface area contributed by atoms with Gasteiger partial charge in [0.1, 0.15) is 0 Å². The van der Waals surface area contributed by atoms with Crippen molar-refractivity contribution in [3.8, 4) is 0 Å². The second-order valence-corrected chi connectivity index (χ2v) is 5.30. The van der Waals surface area contributed by atoms with Crippen molar-refractivity contribution in [1.29, 1.82) is 0 Å². The summed E-state index contributed by atoms with van der Waals surface area (Å²) in [5.41, 5.74) is 0.317. The van der Waals surface area contributed by atoms with Crippen LogP contribution in [-0.4, -0.2) is 18.4 Å². The van der Waals surface area contributed by atoms with E-state index in [2.05, 4.69) is 10.6 Å². The maximum absolute atomic E-state index is 13.0. The predicted molar refractivity (Wildman–Crippen MR) is 83.8 cm³/mol. The lowest BCUT2D eigenvalue weighted by atomic mass is 10.2. The van der Waals surface area contributed by atoms with Crippen molar-refractivity contribution >= 4 is 40.7 Å². The molecule has 2 aromatic rings. The van der Waals surface area contributed by atoms with Gasteiger partial charge in [0.05, 0.1) is 16.6 Å². The first-order valence-electron chi connectivity index (χ1n) is 6.35. The van der Waals surface area contributed by atoms with Gasteiger partial charge in [-0.25, -0.2) is 8.78 Å². The molecule has 120 valence electrons. The summed E-state index contributed by atoms with van der Waals surface area (Å²) in [5.74, 6) is -3.41. The van der Waals surface area contributed by atoms with Crippen molar-refractivity contribution in [1.82, 2.24) is 5.32 Å². The number of halogens is 4. The molecule has 0 aliphatic heterocycles. The van der Waals surface area contributed by atoms with Crippen molar-refractivity contribution in [3.05, 3.63) is 63.6 Å². The van der Waals surface area contributed by atoms with Crippen molar-refractivity contribution in [2.75, 3.05) is 11.9 Å². The van der Waals surface area contributed by atoms with Crippen LogP contribution in [0.4, 0.5) is 14.5 Å². The van der Waals surface area contributed by atoms with Gasteiger partial charge < -0.3 is 10.6 Å². The summed E-state index contributed by atoms with van der Waals surface area (Å²) >= 11 is 11.6. The minimum Gasteiger partial charge on any atom is -0.343 e. The molecular formula is C15H10Cl2F2N2O2. The highest BCUT2D eigenvalue weighted by molar-refractivity contribution is 6.42. The number of amides is 2. The number of nitrogens with one attached hydrogen (secondary N) is 2. The maximum Gasteiger partial charge on any atom is 0.251 e. The third kappa shape index (κ3) is 4.64. The molecule has 0 unspecified atom stereocenters. The molecule has 0 saturated heterocycles. The summed E-state index contributed by atoms with van der Waals surface area (Å²) in [6.45, 7) is -0.349. The number of rotatable bonds is 4. The van der Waals surface area contributed by atoms with Crippen LogP contribution in [0.5, 0.6) is 0 Å². The number of hydrogen-bond acceptors (Lipinski definition) is 2. The van der Waals surface area contributed by atoms with Crippen LogP contribution in [0, 0.1) is 11.6 Å². The molecule has 0 atom stereocenters. The molecule has 0 heterocycles. The Balaban J connectivity index is 1.91. The molecule has 0 bridgehead atoms. The van der Waals surface area contributed by atoms with Gasteiger partial charge >= 0.3 is 0 Å². The van der Waals surface area contributed by atoms with E-state index in [-0.39, 0.29) is 17.1 Å². The second kappa shape index (κ2) is 7.39. The Morgan fingerprint density at radius 3 is 2.35 bits per heavy atom. The predicted octanol–water partition coefficient (Wildman–Crippen LogP) is 3.64. The average molecular weight is 359 g/mol. The summed E-state index contributed by atoms with van der Waals surface area (Å²) in [7, 11) is 0. The first kappa shape index (κ1) is 17.2. The fourth-order valence-electron chi connectivity index (χ4n) is 1.68. The Morgan fingerprint density at radius 2 is 1.70 bits per heavy atom. The van der Waals surface area contributed by atoms with E-state index in [4.69, 9.17) is 23.2 Å². The molecule has 0 aliphatic rings. The normalized spacial score (nSPS) is 10.3. The zero-order valence-electron chi connectivity index (χ0n) is 11.5. The van der Waals surface area contributed by atoms with Crippen molar-refractivity contribution < 1.29 is 18.4 Å². The third-order valence-corrected chi connectivity index (χ3v) is 3.53. The third-order valence-electron chi connectivity index (χ3n) is 2.79. The standard InChI is InChI=1S/C15H10Cl2F2N2O2/c16-10-3-2-9(6-11(10)17)21-14(22)7-20-15(23)8-1-4-12(18)13(19)5-8/h1-6H,7H2,(H,20,23)(H,21,22). The highest BCUT2D eigenvalue weighted by atomic mass is 35.5. The van der Waals surface area contributed by atoms with E-state index >= 15 is 0 Å². The molecule has 2 amide bonds. The number of benzene rings is 2.